The van der Waals surface area contributed by atoms with Gasteiger partial charge in [0, 0.05) is 18.7 Å². The number of benzene rings is 1. The summed E-state index contributed by atoms with van der Waals surface area (Å²) in [5.74, 6) is 2.10. The molecule has 1 aliphatic heterocycles. The van der Waals surface area contributed by atoms with Gasteiger partial charge in [-0.05, 0) is 34.5 Å². The summed E-state index contributed by atoms with van der Waals surface area (Å²) in [7, 11) is 1.82. The maximum absolute atomic E-state index is 5.81. The molecule has 0 saturated carbocycles. The average molecular weight is 310 g/mol. The van der Waals surface area contributed by atoms with Gasteiger partial charge in [0.2, 0.25) is 6.79 Å². The molecule has 0 amide bonds. The third-order valence-electron chi connectivity index (χ3n) is 3.04. The Morgan fingerprint density at radius 2 is 2.17 bits per heavy atom. The third kappa shape index (κ3) is 1.56. The molecule has 0 aliphatic carbocycles. The van der Waals surface area contributed by atoms with E-state index in [2.05, 4.69) is 21.0 Å². The Hall–Kier alpha value is -1.69. The molecule has 2 aromatic rings. The second kappa shape index (κ2) is 3.91. The van der Waals surface area contributed by atoms with Crippen molar-refractivity contribution in [3.8, 4) is 22.8 Å². The molecule has 3 rings (SSSR count). The van der Waals surface area contributed by atoms with Crippen LogP contribution in [0, 0.1) is 6.92 Å². The molecule has 0 unspecified atom stereocenters. The van der Waals surface area contributed by atoms with E-state index in [-0.39, 0.29) is 6.79 Å². The Balaban J connectivity index is 2.21. The summed E-state index contributed by atoms with van der Waals surface area (Å²) in [5.41, 5.74) is 8.67. The van der Waals surface area contributed by atoms with Gasteiger partial charge in [0.1, 0.15) is 5.82 Å². The van der Waals surface area contributed by atoms with Gasteiger partial charge in [0.15, 0.2) is 11.5 Å². The zero-order valence-corrected chi connectivity index (χ0v) is 11.6. The summed E-state index contributed by atoms with van der Waals surface area (Å²) < 4.78 is 13.4. The first-order chi connectivity index (χ1) is 8.58. The molecule has 2 N–H and O–H groups in total. The molecule has 0 fully saturated rings. The number of aryl methyl sites for hydroxylation is 1. The van der Waals surface area contributed by atoms with Crippen LogP contribution >= 0.6 is 15.9 Å². The topological polar surface area (TPSA) is 62.3 Å². The van der Waals surface area contributed by atoms with E-state index in [4.69, 9.17) is 15.2 Å². The normalized spacial score (nSPS) is 13.1. The largest absolute Gasteiger partial charge is 0.454 e. The SMILES string of the molecule is Cc1c(-c2cc(N)n(C)n2)cc2c(c1Br)OCO2. The fourth-order valence-corrected chi connectivity index (χ4v) is 2.50. The molecular weight excluding hydrogens is 298 g/mol. The molecule has 1 aromatic carbocycles. The van der Waals surface area contributed by atoms with Crippen molar-refractivity contribution in [3.63, 3.8) is 0 Å². The van der Waals surface area contributed by atoms with Crippen LogP contribution in [0.15, 0.2) is 16.6 Å². The summed E-state index contributed by atoms with van der Waals surface area (Å²) >= 11 is 3.53. The van der Waals surface area contributed by atoms with Crippen LogP contribution in [-0.4, -0.2) is 16.6 Å². The molecule has 1 aliphatic rings. The van der Waals surface area contributed by atoms with Crippen LogP contribution in [0.25, 0.3) is 11.3 Å². The smallest absolute Gasteiger partial charge is 0.231 e. The molecule has 0 saturated heterocycles. The van der Waals surface area contributed by atoms with E-state index < -0.39 is 0 Å². The molecule has 0 spiro atoms. The van der Waals surface area contributed by atoms with Gasteiger partial charge in [-0.1, -0.05) is 0 Å². The summed E-state index contributed by atoms with van der Waals surface area (Å²) in [6, 6.07) is 3.78. The first-order valence-corrected chi connectivity index (χ1v) is 6.26. The molecule has 6 heteroatoms. The zero-order valence-electron chi connectivity index (χ0n) is 10.0. The lowest BCUT2D eigenvalue weighted by Gasteiger charge is -2.08. The Bertz CT molecular complexity index is 617. The maximum Gasteiger partial charge on any atom is 0.231 e. The maximum atomic E-state index is 5.81. The highest BCUT2D eigenvalue weighted by molar-refractivity contribution is 9.10. The van der Waals surface area contributed by atoms with Crippen molar-refractivity contribution in [1.82, 2.24) is 9.78 Å². The molecule has 1 aromatic heterocycles. The van der Waals surface area contributed by atoms with E-state index in [1.54, 1.807) is 4.68 Å². The minimum atomic E-state index is 0.251. The van der Waals surface area contributed by atoms with Crippen molar-refractivity contribution in [2.75, 3.05) is 12.5 Å². The Kier molecular flexibility index (Phi) is 2.48. The summed E-state index contributed by atoms with van der Waals surface area (Å²) in [6.45, 7) is 2.26. The van der Waals surface area contributed by atoms with E-state index in [0.29, 0.717) is 5.82 Å². The minimum Gasteiger partial charge on any atom is -0.454 e. The number of rotatable bonds is 1. The molecule has 0 atom stereocenters. The van der Waals surface area contributed by atoms with Crippen molar-refractivity contribution in [1.29, 1.82) is 0 Å². The van der Waals surface area contributed by atoms with E-state index in [9.17, 15) is 0 Å². The number of nitrogen functional groups attached to an aromatic ring is 1. The van der Waals surface area contributed by atoms with Gasteiger partial charge in [-0.25, -0.2) is 0 Å². The molecule has 0 radical (unpaired) electrons. The quantitative estimate of drug-likeness (QED) is 0.879. The van der Waals surface area contributed by atoms with Crippen molar-refractivity contribution in [2.24, 2.45) is 7.05 Å². The van der Waals surface area contributed by atoms with Crippen LogP contribution in [0.5, 0.6) is 11.5 Å². The lowest BCUT2D eigenvalue weighted by Crippen LogP contribution is -1.96. The van der Waals surface area contributed by atoms with E-state index in [0.717, 1.165) is 32.8 Å². The number of halogens is 1. The van der Waals surface area contributed by atoms with Gasteiger partial charge in [0.25, 0.3) is 0 Å². The van der Waals surface area contributed by atoms with Crippen LogP contribution in [-0.2, 0) is 7.05 Å². The predicted octanol–water partition coefficient (Wildman–Crippen LogP) is 2.47. The van der Waals surface area contributed by atoms with Gasteiger partial charge < -0.3 is 15.2 Å². The standard InChI is InChI=1S/C12H12BrN3O2/c1-6-7(8-4-10(14)16(2)15-8)3-9-12(11(6)13)18-5-17-9/h3-4H,5,14H2,1-2H3. The fraction of sp³-hybridized carbons (Fsp3) is 0.250. The van der Waals surface area contributed by atoms with Crippen LogP contribution < -0.4 is 15.2 Å². The number of anilines is 1. The molecule has 2 heterocycles. The number of ether oxygens (including phenoxy) is 2. The predicted molar refractivity (Wildman–Crippen MR) is 71.6 cm³/mol. The van der Waals surface area contributed by atoms with Crippen LogP contribution in [0.4, 0.5) is 5.82 Å². The number of nitrogens with two attached hydrogens (primary N) is 1. The van der Waals surface area contributed by atoms with Crippen LogP contribution in [0.2, 0.25) is 0 Å². The molecule has 94 valence electrons. The third-order valence-corrected chi connectivity index (χ3v) is 4.00. The fourth-order valence-electron chi connectivity index (χ4n) is 1.97. The number of nitrogens with zero attached hydrogens (tertiary/aromatic N) is 2. The lowest BCUT2D eigenvalue weighted by molar-refractivity contribution is 0.173. The van der Waals surface area contributed by atoms with Crippen molar-refractivity contribution in [2.45, 2.75) is 6.92 Å². The highest BCUT2D eigenvalue weighted by atomic mass is 79.9. The van der Waals surface area contributed by atoms with Gasteiger partial charge in [-0.3, -0.25) is 4.68 Å². The van der Waals surface area contributed by atoms with Crippen molar-refractivity contribution < 1.29 is 9.47 Å². The lowest BCUT2D eigenvalue weighted by atomic mass is 10.0. The molecule has 18 heavy (non-hydrogen) atoms. The molecule has 5 nitrogen and oxygen atoms in total. The summed E-state index contributed by atoms with van der Waals surface area (Å²) in [4.78, 5) is 0. The second-order valence-corrected chi connectivity index (χ2v) is 4.97. The van der Waals surface area contributed by atoms with Crippen LogP contribution in [0.3, 0.4) is 0 Å². The zero-order chi connectivity index (χ0) is 12.9. The Morgan fingerprint density at radius 3 is 2.83 bits per heavy atom. The van der Waals surface area contributed by atoms with Gasteiger partial charge in [-0.2, -0.15) is 5.10 Å². The first kappa shape index (κ1) is 11.4. The number of hydrogen-bond donors (Lipinski definition) is 1. The van der Waals surface area contributed by atoms with Gasteiger partial charge >= 0.3 is 0 Å². The Morgan fingerprint density at radius 1 is 1.39 bits per heavy atom. The van der Waals surface area contributed by atoms with Gasteiger partial charge in [0.05, 0.1) is 10.2 Å². The number of hydrogen-bond acceptors (Lipinski definition) is 4. The number of fused-ring (bicyclic) bond motifs is 1. The van der Waals surface area contributed by atoms with E-state index >= 15 is 0 Å². The van der Waals surface area contributed by atoms with E-state index in [1.165, 1.54) is 0 Å². The number of aromatic nitrogens is 2. The summed E-state index contributed by atoms with van der Waals surface area (Å²) in [6.07, 6.45) is 0. The first-order valence-electron chi connectivity index (χ1n) is 5.46. The van der Waals surface area contributed by atoms with Crippen molar-refractivity contribution >= 4 is 21.7 Å². The van der Waals surface area contributed by atoms with Gasteiger partial charge in [-0.15, -0.1) is 0 Å². The van der Waals surface area contributed by atoms with Crippen molar-refractivity contribution in [3.05, 3.63) is 22.2 Å². The Labute approximate surface area is 113 Å². The monoisotopic (exact) mass is 309 g/mol. The summed E-state index contributed by atoms with van der Waals surface area (Å²) in [5, 5.41) is 4.38. The molecule has 0 bridgehead atoms. The highest BCUT2D eigenvalue weighted by Gasteiger charge is 2.22. The highest BCUT2D eigenvalue weighted by Crippen LogP contribution is 2.45. The second-order valence-electron chi connectivity index (χ2n) is 4.17. The minimum absolute atomic E-state index is 0.251. The average Bonchev–Trinajstić information content (AvgIpc) is 2.92. The molecular formula is C12H12BrN3O2. The van der Waals surface area contributed by atoms with E-state index in [1.807, 2.05) is 26.1 Å². The van der Waals surface area contributed by atoms with Crippen LogP contribution in [0.1, 0.15) is 5.56 Å².